The quantitative estimate of drug-likeness (QED) is 0.564. The Balaban J connectivity index is 1.50. The van der Waals surface area contributed by atoms with Crippen molar-refractivity contribution < 1.29 is 18.5 Å². The molecule has 1 N–H and O–H groups in total. The molecule has 2 aliphatic heterocycles. The third kappa shape index (κ3) is 3.50. The van der Waals surface area contributed by atoms with E-state index in [1.807, 2.05) is 13.0 Å². The summed E-state index contributed by atoms with van der Waals surface area (Å²) in [7, 11) is 0. The Hall–Kier alpha value is -3.22. The largest absolute Gasteiger partial charge is 0.371 e. The van der Waals surface area contributed by atoms with Crippen LogP contribution in [0.2, 0.25) is 0 Å². The van der Waals surface area contributed by atoms with Crippen LogP contribution in [0.4, 0.5) is 10.1 Å². The summed E-state index contributed by atoms with van der Waals surface area (Å²) in [6.45, 7) is 10.1. The summed E-state index contributed by atoms with van der Waals surface area (Å²) in [5.74, 6) is -0.726. The zero-order valence-electron chi connectivity index (χ0n) is 19.4. The molecule has 7 heteroatoms. The third-order valence-corrected chi connectivity index (χ3v) is 6.90. The van der Waals surface area contributed by atoms with E-state index in [4.69, 9.17) is 4.52 Å². The number of nitrogens with one attached hydrogen (secondary N) is 1. The number of carbonyl (C=O) groups excluding carboxylic acids is 2. The van der Waals surface area contributed by atoms with Gasteiger partial charge in [0.25, 0.3) is 11.8 Å². The van der Waals surface area contributed by atoms with E-state index in [0.29, 0.717) is 23.1 Å². The standard InChI is InChI=1S/C26H28FN3O3/c1-5-16-21-18(24(31)28-25(21)32)13-19(22(16)26(2,3)4)30-10-8-14(9-11-30)23-17-7-6-15(27)12-20(17)33-29-23/h6-7,12-14H,5,8-11H2,1-4H3,(H,28,31,32). The molecule has 3 heterocycles. The molecule has 2 amide bonds. The number of amides is 2. The van der Waals surface area contributed by atoms with E-state index < -0.39 is 0 Å². The van der Waals surface area contributed by atoms with E-state index in [2.05, 4.69) is 36.1 Å². The summed E-state index contributed by atoms with van der Waals surface area (Å²) >= 11 is 0. The maximum atomic E-state index is 13.5. The highest BCUT2D eigenvalue weighted by molar-refractivity contribution is 6.22. The number of imide groups is 1. The topological polar surface area (TPSA) is 75.4 Å². The van der Waals surface area contributed by atoms with Crippen molar-refractivity contribution in [2.24, 2.45) is 0 Å². The van der Waals surface area contributed by atoms with Gasteiger partial charge in [-0.05, 0) is 54.0 Å². The fraction of sp³-hybridized carbons (Fsp3) is 0.423. The first-order chi connectivity index (χ1) is 15.7. The summed E-state index contributed by atoms with van der Waals surface area (Å²) in [5.41, 5.74) is 5.31. The van der Waals surface area contributed by atoms with Crippen LogP contribution in [0, 0.1) is 5.82 Å². The molecule has 1 saturated heterocycles. The van der Waals surface area contributed by atoms with Gasteiger partial charge in [0, 0.05) is 36.1 Å². The van der Waals surface area contributed by atoms with Crippen molar-refractivity contribution in [2.75, 3.05) is 18.0 Å². The number of rotatable bonds is 3. The molecule has 0 aliphatic carbocycles. The average molecular weight is 450 g/mol. The van der Waals surface area contributed by atoms with Gasteiger partial charge in [-0.3, -0.25) is 14.9 Å². The maximum Gasteiger partial charge on any atom is 0.259 e. The Morgan fingerprint density at radius 3 is 2.55 bits per heavy atom. The van der Waals surface area contributed by atoms with E-state index in [-0.39, 0.29) is 29.0 Å². The molecule has 0 unspecified atom stereocenters. The van der Waals surface area contributed by atoms with Crippen LogP contribution in [0.3, 0.4) is 0 Å². The second-order valence-corrected chi connectivity index (χ2v) is 10.0. The van der Waals surface area contributed by atoms with Crippen LogP contribution in [0.1, 0.15) is 84.0 Å². The normalized spacial score (nSPS) is 17.1. The molecule has 1 fully saturated rings. The van der Waals surface area contributed by atoms with Gasteiger partial charge in [0.1, 0.15) is 5.82 Å². The van der Waals surface area contributed by atoms with Gasteiger partial charge < -0.3 is 9.42 Å². The molecule has 33 heavy (non-hydrogen) atoms. The summed E-state index contributed by atoms with van der Waals surface area (Å²) in [4.78, 5) is 27.4. The lowest BCUT2D eigenvalue weighted by Gasteiger charge is -2.38. The van der Waals surface area contributed by atoms with E-state index in [9.17, 15) is 14.0 Å². The minimum absolute atomic E-state index is 0.190. The molecule has 5 rings (SSSR count). The van der Waals surface area contributed by atoms with E-state index in [1.165, 1.54) is 12.1 Å². The third-order valence-electron chi connectivity index (χ3n) is 6.90. The van der Waals surface area contributed by atoms with Gasteiger partial charge in [-0.15, -0.1) is 0 Å². The van der Waals surface area contributed by atoms with Crippen molar-refractivity contribution in [3.05, 3.63) is 58.0 Å². The fourth-order valence-electron chi connectivity index (χ4n) is 5.45. The number of fused-ring (bicyclic) bond motifs is 2. The monoisotopic (exact) mass is 449 g/mol. The van der Waals surface area contributed by atoms with Gasteiger partial charge in [0.15, 0.2) is 5.58 Å². The molecule has 2 aromatic carbocycles. The molecule has 3 aromatic rings. The number of hydrogen-bond donors (Lipinski definition) is 1. The number of aromatic nitrogens is 1. The zero-order valence-corrected chi connectivity index (χ0v) is 19.4. The summed E-state index contributed by atoms with van der Waals surface area (Å²) < 4.78 is 18.9. The number of piperidine rings is 1. The van der Waals surface area contributed by atoms with Crippen LogP contribution in [-0.2, 0) is 11.8 Å². The highest BCUT2D eigenvalue weighted by Gasteiger charge is 2.37. The van der Waals surface area contributed by atoms with Crippen molar-refractivity contribution >= 4 is 28.5 Å². The van der Waals surface area contributed by atoms with Crippen molar-refractivity contribution in [1.29, 1.82) is 0 Å². The van der Waals surface area contributed by atoms with Crippen molar-refractivity contribution in [2.45, 2.75) is 58.3 Å². The average Bonchev–Trinajstić information content (AvgIpc) is 3.32. The summed E-state index contributed by atoms with van der Waals surface area (Å²) in [6.07, 6.45) is 2.42. The molecule has 0 atom stereocenters. The minimum Gasteiger partial charge on any atom is -0.371 e. The van der Waals surface area contributed by atoms with Crippen LogP contribution >= 0.6 is 0 Å². The molecule has 0 spiro atoms. The Labute approximate surface area is 192 Å². The molecule has 172 valence electrons. The second-order valence-electron chi connectivity index (χ2n) is 10.0. The number of carbonyl (C=O) groups is 2. The van der Waals surface area contributed by atoms with Crippen LogP contribution in [0.15, 0.2) is 28.8 Å². The molecule has 0 saturated carbocycles. The molecular weight excluding hydrogens is 421 g/mol. The number of anilines is 1. The molecule has 6 nitrogen and oxygen atoms in total. The summed E-state index contributed by atoms with van der Waals surface area (Å²) in [5, 5.41) is 7.59. The molecular formula is C26H28FN3O3. The Morgan fingerprint density at radius 1 is 1.15 bits per heavy atom. The number of hydrogen-bond acceptors (Lipinski definition) is 5. The van der Waals surface area contributed by atoms with Gasteiger partial charge in [-0.25, -0.2) is 4.39 Å². The van der Waals surface area contributed by atoms with Crippen LogP contribution in [-0.4, -0.2) is 30.1 Å². The van der Waals surface area contributed by atoms with Crippen molar-refractivity contribution in [1.82, 2.24) is 10.5 Å². The Kier molecular flexibility index (Phi) is 5.03. The van der Waals surface area contributed by atoms with Gasteiger partial charge in [-0.1, -0.05) is 32.9 Å². The fourth-order valence-corrected chi connectivity index (χ4v) is 5.45. The maximum absolute atomic E-state index is 13.5. The molecule has 0 radical (unpaired) electrons. The molecule has 2 aliphatic rings. The first-order valence-electron chi connectivity index (χ1n) is 11.5. The van der Waals surface area contributed by atoms with Crippen LogP contribution in [0.25, 0.3) is 11.0 Å². The predicted molar refractivity (Wildman–Crippen MR) is 124 cm³/mol. The smallest absolute Gasteiger partial charge is 0.259 e. The van der Waals surface area contributed by atoms with E-state index in [1.54, 1.807) is 6.07 Å². The van der Waals surface area contributed by atoms with E-state index >= 15 is 0 Å². The lowest BCUT2D eigenvalue weighted by atomic mass is 9.78. The number of benzene rings is 2. The van der Waals surface area contributed by atoms with Crippen molar-refractivity contribution in [3.63, 3.8) is 0 Å². The second kappa shape index (κ2) is 7.68. The first kappa shape index (κ1) is 21.6. The lowest BCUT2D eigenvalue weighted by Crippen LogP contribution is -2.35. The highest BCUT2D eigenvalue weighted by Crippen LogP contribution is 2.42. The van der Waals surface area contributed by atoms with Gasteiger partial charge in [0.2, 0.25) is 0 Å². The Bertz CT molecular complexity index is 1280. The van der Waals surface area contributed by atoms with Crippen LogP contribution in [0.5, 0.6) is 0 Å². The molecule has 1 aromatic heterocycles. The zero-order chi connectivity index (χ0) is 23.5. The SMILES string of the molecule is CCc1c2c(cc(N3CCC(c4noc5cc(F)ccc45)CC3)c1C(C)(C)C)C(=O)NC2=O. The predicted octanol–water partition coefficient (Wildman–Crippen LogP) is 5.09. The first-order valence-corrected chi connectivity index (χ1v) is 11.5. The highest BCUT2D eigenvalue weighted by atomic mass is 19.1. The van der Waals surface area contributed by atoms with Crippen LogP contribution < -0.4 is 10.2 Å². The van der Waals surface area contributed by atoms with Gasteiger partial charge in [0.05, 0.1) is 16.8 Å². The minimum atomic E-state index is -0.333. The van der Waals surface area contributed by atoms with E-state index in [0.717, 1.165) is 53.8 Å². The van der Waals surface area contributed by atoms with Gasteiger partial charge in [-0.2, -0.15) is 0 Å². The molecule has 0 bridgehead atoms. The van der Waals surface area contributed by atoms with Gasteiger partial charge >= 0.3 is 0 Å². The summed E-state index contributed by atoms with van der Waals surface area (Å²) in [6, 6.07) is 6.46. The van der Waals surface area contributed by atoms with Crippen molar-refractivity contribution in [3.8, 4) is 0 Å². The number of halogens is 1. The Morgan fingerprint density at radius 2 is 1.88 bits per heavy atom. The number of nitrogens with zero attached hydrogens (tertiary/aromatic N) is 2. The lowest BCUT2D eigenvalue weighted by molar-refractivity contribution is 0.0879.